The Kier molecular flexibility index (Phi) is 11.6. The first-order valence-electron chi connectivity index (χ1n) is 15.0. The molecular formula is C33H51O3P. The van der Waals surface area contributed by atoms with E-state index in [0.29, 0.717) is 0 Å². The maximum Gasteiger partial charge on any atom is 0.328 e. The molecule has 2 N–H and O–H groups in total. The van der Waals surface area contributed by atoms with Crippen LogP contribution in [0.1, 0.15) is 132 Å². The molecule has 2 aromatic carbocycles. The van der Waals surface area contributed by atoms with Gasteiger partial charge in [-0.25, -0.2) is 0 Å². The molecule has 3 nitrogen and oxygen atoms in total. The van der Waals surface area contributed by atoms with Crippen LogP contribution in [0.2, 0.25) is 0 Å². The molecule has 0 amide bonds. The van der Waals surface area contributed by atoms with E-state index >= 15 is 0 Å². The zero-order valence-corrected chi connectivity index (χ0v) is 25.0. The van der Waals surface area contributed by atoms with Gasteiger partial charge in [0.05, 0.1) is 0 Å². The molecule has 0 saturated heterocycles. The molecule has 3 rings (SSSR count). The molecule has 206 valence electrons. The Morgan fingerprint density at radius 2 is 1.22 bits per heavy atom. The molecule has 4 heteroatoms. The van der Waals surface area contributed by atoms with Crippen molar-refractivity contribution in [1.82, 2.24) is 0 Å². The van der Waals surface area contributed by atoms with E-state index in [-0.39, 0.29) is 5.41 Å². The third kappa shape index (κ3) is 6.50. The topological polar surface area (TPSA) is 49.7 Å². The highest BCUT2D eigenvalue weighted by Gasteiger charge is 2.59. The van der Waals surface area contributed by atoms with Gasteiger partial charge in [0.1, 0.15) is 5.60 Å². The molecule has 1 aliphatic carbocycles. The molecule has 0 spiro atoms. The summed E-state index contributed by atoms with van der Waals surface area (Å²) >= 11 is 0. The van der Waals surface area contributed by atoms with Crippen LogP contribution >= 0.6 is 8.60 Å². The number of unbranched alkanes of at least 4 members (excludes halogenated alkanes) is 1. The van der Waals surface area contributed by atoms with E-state index < -0.39 is 14.2 Å². The van der Waals surface area contributed by atoms with E-state index in [0.717, 1.165) is 89.9 Å². The Balaban J connectivity index is 2.40. The zero-order chi connectivity index (χ0) is 26.9. The summed E-state index contributed by atoms with van der Waals surface area (Å²) in [4.78, 5) is 21.3. The predicted molar refractivity (Wildman–Crippen MR) is 158 cm³/mol. The number of hydrogen-bond donors (Lipinski definition) is 2. The van der Waals surface area contributed by atoms with E-state index in [9.17, 15) is 9.79 Å². The summed E-state index contributed by atoms with van der Waals surface area (Å²) in [5.41, 5.74) is 6.69. The van der Waals surface area contributed by atoms with Crippen molar-refractivity contribution < 1.29 is 14.3 Å². The van der Waals surface area contributed by atoms with Crippen LogP contribution in [-0.4, -0.2) is 9.79 Å². The van der Waals surface area contributed by atoms with Gasteiger partial charge < -0.3 is 9.79 Å². The van der Waals surface area contributed by atoms with Crippen LogP contribution in [0.5, 0.6) is 0 Å². The van der Waals surface area contributed by atoms with Crippen LogP contribution in [-0.2, 0) is 35.8 Å². The van der Waals surface area contributed by atoms with Gasteiger partial charge in [-0.1, -0.05) is 116 Å². The summed E-state index contributed by atoms with van der Waals surface area (Å²) in [5, 5.41) is 0. The van der Waals surface area contributed by atoms with Crippen molar-refractivity contribution in [2.75, 3.05) is 0 Å². The van der Waals surface area contributed by atoms with Crippen LogP contribution in [0.4, 0.5) is 0 Å². The van der Waals surface area contributed by atoms with Crippen molar-refractivity contribution in [3.8, 4) is 0 Å². The second-order valence-electron chi connectivity index (χ2n) is 11.2. The maximum atomic E-state index is 10.6. The summed E-state index contributed by atoms with van der Waals surface area (Å²) in [6.45, 7) is 11.2. The number of aryl methyl sites for hydroxylation is 4. The Bertz CT molecular complexity index is 920. The minimum Gasteiger partial charge on any atom is -0.328 e. The molecule has 0 unspecified atom stereocenters. The smallest absolute Gasteiger partial charge is 0.328 e. The fraction of sp³-hybridized carbons (Fsp3) is 0.636. The van der Waals surface area contributed by atoms with Gasteiger partial charge in [0.25, 0.3) is 0 Å². The average Bonchev–Trinajstić information content (AvgIpc) is 2.84. The first-order chi connectivity index (χ1) is 17.9. The Morgan fingerprint density at radius 3 is 1.57 bits per heavy atom. The summed E-state index contributed by atoms with van der Waals surface area (Å²) in [6, 6.07) is 13.9. The Hall–Kier alpha value is -1.25. The lowest BCUT2D eigenvalue weighted by Crippen LogP contribution is -2.53. The quantitative estimate of drug-likeness (QED) is 0.214. The average molecular weight is 527 g/mol. The SMILES string of the molecule is CCCCC1(C(OP(O)O)(c2ccc(CCC)cc2CCC)c2ccc(CCC)cc2CCC)CCC1. The highest BCUT2D eigenvalue weighted by Crippen LogP contribution is 2.65. The molecule has 0 atom stereocenters. The monoisotopic (exact) mass is 526 g/mol. The largest absolute Gasteiger partial charge is 0.328 e. The summed E-state index contributed by atoms with van der Waals surface area (Å²) in [6.07, 6.45) is 14.9. The van der Waals surface area contributed by atoms with E-state index in [1.54, 1.807) is 0 Å². The normalized spacial score (nSPS) is 15.2. The highest BCUT2D eigenvalue weighted by molar-refractivity contribution is 7.39. The predicted octanol–water partition coefficient (Wildman–Crippen LogP) is 9.33. The third-order valence-electron chi connectivity index (χ3n) is 8.50. The lowest BCUT2D eigenvalue weighted by atomic mass is 9.51. The van der Waals surface area contributed by atoms with Crippen LogP contribution in [0.3, 0.4) is 0 Å². The van der Waals surface area contributed by atoms with Gasteiger partial charge in [-0.15, -0.1) is 0 Å². The van der Waals surface area contributed by atoms with Crippen molar-refractivity contribution in [1.29, 1.82) is 0 Å². The fourth-order valence-electron chi connectivity index (χ4n) is 6.75. The maximum absolute atomic E-state index is 10.6. The van der Waals surface area contributed by atoms with E-state index in [2.05, 4.69) is 71.0 Å². The molecule has 0 bridgehead atoms. The minimum absolute atomic E-state index is 0.140. The van der Waals surface area contributed by atoms with Gasteiger partial charge in [0.2, 0.25) is 0 Å². The van der Waals surface area contributed by atoms with Crippen molar-refractivity contribution in [3.05, 3.63) is 69.8 Å². The van der Waals surface area contributed by atoms with Crippen LogP contribution in [0.15, 0.2) is 36.4 Å². The Labute approximate surface area is 228 Å². The lowest BCUT2D eigenvalue weighted by molar-refractivity contribution is -0.0987. The molecular weight excluding hydrogens is 475 g/mol. The van der Waals surface area contributed by atoms with Gasteiger partial charge in [-0.2, -0.15) is 0 Å². The van der Waals surface area contributed by atoms with Gasteiger partial charge in [0.15, 0.2) is 0 Å². The van der Waals surface area contributed by atoms with Crippen LogP contribution in [0.25, 0.3) is 0 Å². The fourth-order valence-corrected chi connectivity index (χ4v) is 7.39. The molecule has 1 aliphatic rings. The van der Waals surface area contributed by atoms with E-state index in [1.807, 2.05) is 0 Å². The molecule has 37 heavy (non-hydrogen) atoms. The zero-order valence-electron chi connectivity index (χ0n) is 24.1. The summed E-state index contributed by atoms with van der Waals surface area (Å²) < 4.78 is 6.66. The first kappa shape index (κ1) is 30.3. The van der Waals surface area contributed by atoms with Gasteiger partial charge in [0, 0.05) is 5.41 Å². The minimum atomic E-state index is -2.56. The number of benzene rings is 2. The second-order valence-corrected chi connectivity index (χ2v) is 11.9. The molecule has 1 saturated carbocycles. The third-order valence-corrected chi connectivity index (χ3v) is 8.94. The van der Waals surface area contributed by atoms with Crippen LogP contribution in [0, 0.1) is 5.41 Å². The van der Waals surface area contributed by atoms with Crippen molar-refractivity contribution in [3.63, 3.8) is 0 Å². The Morgan fingerprint density at radius 1 is 0.730 bits per heavy atom. The highest BCUT2D eigenvalue weighted by atomic mass is 31.2. The summed E-state index contributed by atoms with van der Waals surface area (Å²) in [7, 11) is -2.56. The van der Waals surface area contributed by atoms with Crippen LogP contribution < -0.4 is 0 Å². The van der Waals surface area contributed by atoms with Crippen molar-refractivity contribution in [2.45, 2.75) is 130 Å². The molecule has 0 aromatic heterocycles. The standard InChI is InChI=1S/C33H51O3P/c1-6-11-21-32(22-12-23-32)33(36-37(34)35,30-19-17-26(13-7-2)24-28(30)15-9-4)31-20-18-27(14-8-3)25-29(31)16-10-5/h17-20,24-25,34-35H,6-16,21-23H2,1-5H3. The second kappa shape index (κ2) is 14.2. The molecule has 0 aliphatic heterocycles. The van der Waals surface area contributed by atoms with Gasteiger partial charge in [-0.3, -0.25) is 4.52 Å². The number of rotatable bonds is 16. The molecule has 1 fully saturated rings. The van der Waals surface area contributed by atoms with E-state index in [1.165, 1.54) is 33.4 Å². The van der Waals surface area contributed by atoms with Crippen molar-refractivity contribution >= 4 is 8.60 Å². The molecule has 0 radical (unpaired) electrons. The molecule has 2 aromatic rings. The lowest BCUT2D eigenvalue weighted by Gasteiger charge is -2.57. The number of hydrogen-bond acceptors (Lipinski definition) is 3. The van der Waals surface area contributed by atoms with Gasteiger partial charge in [-0.05, 0) is 78.3 Å². The first-order valence-corrected chi connectivity index (χ1v) is 16.2. The van der Waals surface area contributed by atoms with Crippen molar-refractivity contribution in [2.24, 2.45) is 5.41 Å². The summed E-state index contributed by atoms with van der Waals surface area (Å²) in [5.74, 6) is 0. The van der Waals surface area contributed by atoms with E-state index in [4.69, 9.17) is 4.52 Å². The van der Waals surface area contributed by atoms with Gasteiger partial charge >= 0.3 is 8.60 Å². The molecule has 0 heterocycles.